The van der Waals surface area contributed by atoms with E-state index < -0.39 is 7.12 Å². The lowest BCUT2D eigenvalue weighted by molar-refractivity contribution is 0.551. The molecule has 0 saturated carbocycles. The molecular formula is C25H44BFN2. The Morgan fingerprint density at radius 2 is 1.17 bits per heavy atom. The van der Waals surface area contributed by atoms with E-state index in [9.17, 15) is 0 Å². The second-order valence-corrected chi connectivity index (χ2v) is 12.1. The number of hydrogen-bond acceptors (Lipinski definition) is 2. The minimum atomic E-state index is -1.35. The fourth-order valence-electron chi connectivity index (χ4n) is 3.72. The summed E-state index contributed by atoms with van der Waals surface area (Å²) in [5.74, 6) is 0.560. The van der Waals surface area contributed by atoms with E-state index in [1.807, 2.05) is 0 Å². The van der Waals surface area contributed by atoms with Crippen molar-refractivity contribution in [3.05, 3.63) is 28.8 Å². The first kappa shape index (κ1) is 25.7. The van der Waals surface area contributed by atoms with Crippen LogP contribution in [0, 0.1) is 11.8 Å². The van der Waals surface area contributed by atoms with E-state index in [0.29, 0.717) is 0 Å². The average Bonchev–Trinajstić information content (AvgIpc) is 2.50. The zero-order valence-electron chi connectivity index (χ0n) is 21.2. The number of halogens is 1. The molecular weight excluding hydrogens is 358 g/mol. The Labute approximate surface area is 180 Å². The zero-order valence-corrected chi connectivity index (χ0v) is 21.2. The molecule has 0 spiro atoms. The summed E-state index contributed by atoms with van der Waals surface area (Å²) in [6, 6.07) is 4.41. The first-order chi connectivity index (χ1) is 12.9. The summed E-state index contributed by atoms with van der Waals surface area (Å²) < 4.78 is 15.8. The van der Waals surface area contributed by atoms with Gasteiger partial charge in [-0.3, -0.25) is 4.32 Å². The van der Waals surface area contributed by atoms with Gasteiger partial charge in [0.1, 0.15) is 0 Å². The van der Waals surface area contributed by atoms with Crippen molar-refractivity contribution in [3.63, 3.8) is 0 Å². The molecule has 0 amide bonds. The van der Waals surface area contributed by atoms with Gasteiger partial charge in [-0.2, -0.15) is 5.10 Å². The third-order valence-electron chi connectivity index (χ3n) is 5.41. The van der Waals surface area contributed by atoms with Gasteiger partial charge < -0.3 is 5.34 Å². The molecule has 1 aromatic carbocycles. The van der Waals surface area contributed by atoms with E-state index in [1.165, 1.54) is 5.56 Å². The lowest BCUT2D eigenvalue weighted by Crippen LogP contribution is -2.48. The molecule has 0 radical (unpaired) electrons. The largest absolute Gasteiger partial charge is 0.508 e. The monoisotopic (exact) mass is 402 g/mol. The van der Waals surface area contributed by atoms with Gasteiger partial charge in [0.15, 0.2) is 0 Å². The van der Waals surface area contributed by atoms with Crippen molar-refractivity contribution in [1.29, 1.82) is 0 Å². The van der Waals surface area contributed by atoms with Crippen molar-refractivity contribution in [2.75, 3.05) is 0 Å². The summed E-state index contributed by atoms with van der Waals surface area (Å²) in [5.41, 5.74) is 4.75. The Hall–Kier alpha value is -1.32. The van der Waals surface area contributed by atoms with E-state index in [0.717, 1.165) is 22.3 Å². The van der Waals surface area contributed by atoms with E-state index in [1.54, 1.807) is 0 Å². The lowest BCUT2D eigenvalue weighted by Gasteiger charge is -2.34. The first-order valence-corrected chi connectivity index (χ1v) is 11.0. The molecule has 0 aliphatic rings. The Morgan fingerprint density at radius 3 is 1.45 bits per heavy atom. The average molecular weight is 402 g/mol. The fourth-order valence-corrected chi connectivity index (χ4v) is 3.72. The van der Waals surface area contributed by atoms with Crippen molar-refractivity contribution in [2.45, 2.75) is 106 Å². The van der Waals surface area contributed by atoms with Crippen molar-refractivity contribution in [2.24, 2.45) is 16.9 Å². The quantitative estimate of drug-likeness (QED) is 0.339. The number of hydrogen-bond donors (Lipinski definition) is 1. The summed E-state index contributed by atoms with van der Waals surface area (Å²) in [7, 11) is -1.35. The van der Waals surface area contributed by atoms with Gasteiger partial charge in [0, 0.05) is 5.71 Å². The van der Waals surface area contributed by atoms with E-state index in [4.69, 9.17) is 0 Å². The second kappa shape index (κ2) is 8.82. The Kier molecular flexibility index (Phi) is 7.82. The van der Waals surface area contributed by atoms with Crippen LogP contribution in [-0.4, -0.2) is 12.8 Å². The van der Waals surface area contributed by atoms with Gasteiger partial charge in [-0.15, -0.1) is 0 Å². The summed E-state index contributed by atoms with van der Waals surface area (Å²) in [4.78, 5) is 0. The molecule has 2 nitrogen and oxygen atoms in total. The highest BCUT2D eigenvalue weighted by molar-refractivity contribution is 6.65. The van der Waals surface area contributed by atoms with Gasteiger partial charge in [0.2, 0.25) is 0 Å². The van der Waals surface area contributed by atoms with Gasteiger partial charge in [-0.1, -0.05) is 102 Å². The SMILES string of the molecule is CC(C)C(=NNB(F)c1c(C(C)(C)C)cc(C(C)(C)C)cc1C(C)(C)C)C(C)C. The number of benzene rings is 1. The minimum Gasteiger partial charge on any atom is -0.317 e. The van der Waals surface area contributed by atoms with Gasteiger partial charge in [-0.25, -0.2) is 0 Å². The van der Waals surface area contributed by atoms with Crippen LogP contribution >= 0.6 is 0 Å². The number of nitrogens with zero attached hydrogens (tertiary/aromatic N) is 1. The standard InChI is InChI=1S/C25H44BFN2/c1-16(2)22(17(3)4)28-29-26(27)21-19(24(8,9)10)14-18(23(5,6)7)15-20(21)25(11,12)13/h14-17,29H,1-13H3. The van der Waals surface area contributed by atoms with Gasteiger partial charge >= 0.3 is 7.12 Å². The third-order valence-corrected chi connectivity index (χ3v) is 5.41. The predicted molar refractivity (Wildman–Crippen MR) is 129 cm³/mol. The van der Waals surface area contributed by atoms with Gasteiger partial charge in [-0.05, 0) is 50.2 Å². The van der Waals surface area contributed by atoms with Crippen LogP contribution in [0.15, 0.2) is 17.2 Å². The fraction of sp³-hybridized carbons (Fsp3) is 0.720. The van der Waals surface area contributed by atoms with Gasteiger partial charge in [0.25, 0.3) is 0 Å². The molecule has 0 heterocycles. The maximum absolute atomic E-state index is 15.8. The predicted octanol–water partition coefficient (Wildman–Crippen LogP) is 6.50. The third kappa shape index (κ3) is 6.59. The van der Waals surface area contributed by atoms with Crippen LogP contribution in [0.4, 0.5) is 4.32 Å². The van der Waals surface area contributed by atoms with Crippen molar-refractivity contribution in [3.8, 4) is 0 Å². The van der Waals surface area contributed by atoms with Crippen LogP contribution in [-0.2, 0) is 16.2 Å². The summed E-state index contributed by atoms with van der Waals surface area (Å²) in [5, 5.41) is 7.37. The van der Waals surface area contributed by atoms with Crippen LogP contribution < -0.4 is 10.8 Å². The Bertz CT molecular complexity index is 684. The van der Waals surface area contributed by atoms with Crippen LogP contribution in [0.3, 0.4) is 0 Å². The second-order valence-electron chi connectivity index (χ2n) is 12.1. The molecule has 0 aromatic heterocycles. The van der Waals surface area contributed by atoms with Crippen LogP contribution in [0.5, 0.6) is 0 Å². The summed E-state index contributed by atoms with van der Waals surface area (Å²) in [6.45, 7) is 28.0. The van der Waals surface area contributed by atoms with Crippen molar-refractivity contribution in [1.82, 2.24) is 5.34 Å². The van der Waals surface area contributed by atoms with Crippen LogP contribution in [0.2, 0.25) is 0 Å². The molecule has 0 aliphatic carbocycles. The molecule has 29 heavy (non-hydrogen) atoms. The van der Waals surface area contributed by atoms with E-state index >= 15 is 4.32 Å². The Morgan fingerprint density at radius 1 is 0.793 bits per heavy atom. The molecule has 0 fully saturated rings. The van der Waals surface area contributed by atoms with Crippen LogP contribution in [0.1, 0.15) is 107 Å². The Balaban J connectivity index is 3.72. The summed E-state index contributed by atoms with van der Waals surface area (Å²) >= 11 is 0. The molecule has 0 atom stereocenters. The number of rotatable bonds is 5. The van der Waals surface area contributed by atoms with E-state index in [-0.39, 0.29) is 28.1 Å². The molecule has 4 heteroatoms. The maximum atomic E-state index is 15.8. The smallest absolute Gasteiger partial charge is 0.317 e. The first-order valence-electron chi connectivity index (χ1n) is 11.0. The molecule has 0 aliphatic heterocycles. The molecule has 164 valence electrons. The highest BCUT2D eigenvalue weighted by Gasteiger charge is 2.35. The molecule has 0 saturated heterocycles. The molecule has 0 unspecified atom stereocenters. The molecule has 1 N–H and O–H groups in total. The molecule has 1 aromatic rings. The number of nitrogens with one attached hydrogen (secondary N) is 1. The summed E-state index contributed by atoms with van der Waals surface area (Å²) in [6.07, 6.45) is 0. The molecule has 1 rings (SSSR count). The van der Waals surface area contributed by atoms with Gasteiger partial charge in [0.05, 0.1) is 0 Å². The van der Waals surface area contributed by atoms with Crippen LogP contribution in [0.25, 0.3) is 0 Å². The maximum Gasteiger partial charge on any atom is 0.508 e. The van der Waals surface area contributed by atoms with Crippen molar-refractivity contribution >= 4 is 18.3 Å². The molecule has 0 bridgehead atoms. The highest BCUT2D eigenvalue weighted by atomic mass is 19.1. The lowest BCUT2D eigenvalue weighted by atomic mass is 9.61. The number of hydrazone groups is 1. The highest BCUT2D eigenvalue weighted by Crippen LogP contribution is 2.33. The topological polar surface area (TPSA) is 24.4 Å². The normalized spacial score (nSPS) is 13.1. The zero-order chi connectivity index (χ0) is 22.9. The minimum absolute atomic E-state index is 0.00161. The van der Waals surface area contributed by atoms with E-state index in [2.05, 4.69) is 113 Å². The van der Waals surface area contributed by atoms with Crippen molar-refractivity contribution < 1.29 is 4.32 Å².